The zero-order chi connectivity index (χ0) is 14.8. The summed E-state index contributed by atoms with van der Waals surface area (Å²) in [5.74, 6) is 0.259. The Morgan fingerprint density at radius 3 is 2.50 bits per heavy atom. The maximum absolute atomic E-state index is 11.9. The van der Waals surface area contributed by atoms with Gasteiger partial charge >= 0.3 is 0 Å². The lowest BCUT2D eigenvalue weighted by Gasteiger charge is -2.31. The van der Waals surface area contributed by atoms with Crippen molar-refractivity contribution in [3.63, 3.8) is 0 Å². The Bertz CT molecular complexity index is 272. The maximum atomic E-state index is 11.9. The summed E-state index contributed by atoms with van der Waals surface area (Å²) in [6.45, 7) is 2.83. The fraction of sp³-hybridized carbons (Fsp3) is 0.857. The number of likely N-dealkylation sites (tertiary alicyclic amines) is 1. The maximum Gasteiger partial charge on any atom is 0.223 e. The monoisotopic (exact) mass is 285 g/mol. The van der Waals surface area contributed by atoms with Crippen LogP contribution in [0.2, 0.25) is 0 Å². The second-order valence-electron chi connectivity index (χ2n) is 5.23. The first-order valence-corrected chi connectivity index (χ1v) is 7.50. The molecule has 0 aromatic carbocycles. The molecule has 1 fully saturated rings. The SMILES string of the molecule is CNCCCC(=O)N1CCC(C(=O)NCCCO)CC1. The molecular weight excluding hydrogens is 258 g/mol. The highest BCUT2D eigenvalue weighted by molar-refractivity contribution is 5.80. The van der Waals surface area contributed by atoms with Crippen molar-refractivity contribution in [2.75, 3.05) is 39.8 Å². The van der Waals surface area contributed by atoms with E-state index in [1.54, 1.807) is 0 Å². The molecule has 1 saturated heterocycles. The quantitative estimate of drug-likeness (QED) is 0.536. The first-order valence-electron chi connectivity index (χ1n) is 7.50. The van der Waals surface area contributed by atoms with Crippen molar-refractivity contribution in [3.05, 3.63) is 0 Å². The molecule has 0 atom stereocenters. The molecular formula is C14H27N3O3. The predicted octanol–water partition coefficient (Wildman–Crippen LogP) is -0.277. The summed E-state index contributed by atoms with van der Waals surface area (Å²) >= 11 is 0. The first kappa shape index (κ1) is 16.9. The van der Waals surface area contributed by atoms with E-state index in [-0.39, 0.29) is 24.3 Å². The molecule has 6 nitrogen and oxygen atoms in total. The van der Waals surface area contributed by atoms with E-state index in [1.165, 1.54) is 0 Å². The minimum Gasteiger partial charge on any atom is -0.396 e. The molecule has 0 bridgehead atoms. The number of hydrogen-bond acceptors (Lipinski definition) is 4. The van der Waals surface area contributed by atoms with Gasteiger partial charge in [0.2, 0.25) is 11.8 Å². The van der Waals surface area contributed by atoms with Crippen LogP contribution in [0, 0.1) is 5.92 Å². The fourth-order valence-electron chi connectivity index (χ4n) is 2.40. The van der Waals surface area contributed by atoms with Crippen LogP contribution >= 0.6 is 0 Å². The summed E-state index contributed by atoms with van der Waals surface area (Å²) in [4.78, 5) is 25.7. The molecule has 1 rings (SSSR count). The van der Waals surface area contributed by atoms with Gasteiger partial charge in [-0.2, -0.15) is 0 Å². The molecule has 0 spiro atoms. The van der Waals surface area contributed by atoms with Crippen molar-refractivity contribution >= 4 is 11.8 Å². The van der Waals surface area contributed by atoms with Crippen LogP contribution in [0.3, 0.4) is 0 Å². The topological polar surface area (TPSA) is 81.7 Å². The Morgan fingerprint density at radius 1 is 1.20 bits per heavy atom. The number of carbonyl (C=O) groups is 2. The molecule has 116 valence electrons. The van der Waals surface area contributed by atoms with Crippen molar-refractivity contribution in [2.45, 2.75) is 32.1 Å². The molecule has 0 aromatic rings. The summed E-state index contributed by atoms with van der Waals surface area (Å²) in [7, 11) is 1.88. The highest BCUT2D eigenvalue weighted by Crippen LogP contribution is 2.18. The van der Waals surface area contributed by atoms with E-state index < -0.39 is 0 Å². The summed E-state index contributed by atoms with van der Waals surface area (Å²) in [5.41, 5.74) is 0. The van der Waals surface area contributed by atoms with Crippen LogP contribution in [0.5, 0.6) is 0 Å². The number of carbonyl (C=O) groups excluding carboxylic acids is 2. The van der Waals surface area contributed by atoms with Crippen LogP contribution in [-0.2, 0) is 9.59 Å². The van der Waals surface area contributed by atoms with Crippen LogP contribution in [0.15, 0.2) is 0 Å². The van der Waals surface area contributed by atoms with Crippen LogP contribution in [-0.4, -0.2) is 61.7 Å². The van der Waals surface area contributed by atoms with Crippen LogP contribution in [0.25, 0.3) is 0 Å². The second-order valence-corrected chi connectivity index (χ2v) is 5.23. The van der Waals surface area contributed by atoms with Gasteiger partial charge in [0.25, 0.3) is 0 Å². The third-order valence-electron chi connectivity index (χ3n) is 3.67. The predicted molar refractivity (Wildman–Crippen MR) is 77.2 cm³/mol. The molecule has 0 radical (unpaired) electrons. The van der Waals surface area contributed by atoms with Gasteiger partial charge in [-0.3, -0.25) is 9.59 Å². The van der Waals surface area contributed by atoms with E-state index in [4.69, 9.17) is 5.11 Å². The number of hydrogen-bond donors (Lipinski definition) is 3. The minimum absolute atomic E-state index is 0.00931. The zero-order valence-corrected chi connectivity index (χ0v) is 12.4. The normalized spacial score (nSPS) is 16.2. The van der Waals surface area contributed by atoms with Gasteiger partial charge in [0, 0.05) is 38.6 Å². The van der Waals surface area contributed by atoms with Crippen molar-refractivity contribution in [2.24, 2.45) is 5.92 Å². The molecule has 0 unspecified atom stereocenters. The minimum atomic E-state index is 0.00931. The van der Waals surface area contributed by atoms with E-state index in [0.717, 1.165) is 25.8 Å². The summed E-state index contributed by atoms with van der Waals surface area (Å²) < 4.78 is 0. The van der Waals surface area contributed by atoms with E-state index in [2.05, 4.69) is 10.6 Å². The van der Waals surface area contributed by atoms with Gasteiger partial charge in [0.15, 0.2) is 0 Å². The smallest absolute Gasteiger partial charge is 0.223 e. The van der Waals surface area contributed by atoms with Crippen LogP contribution < -0.4 is 10.6 Å². The number of aliphatic hydroxyl groups is 1. The fourth-order valence-corrected chi connectivity index (χ4v) is 2.40. The highest BCUT2D eigenvalue weighted by atomic mass is 16.3. The highest BCUT2D eigenvalue weighted by Gasteiger charge is 2.26. The first-order chi connectivity index (χ1) is 9.69. The summed E-state index contributed by atoms with van der Waals surface area (Å²) in [6.07, 6.45) is 3.51. The average Bonchev–Trinajstić information content (AvgIpc) is 2.47. The number of nitrogens with zero attached hydrogens (tertiary/aromatic N) is 1. The van der Waals surface area contributed by atoms with Gasteiger partial charge in [-0.1, -0.05) is 0 Å². The van der Waals surface area contributed by atoms with Crippen LogP contribution in [0.1, 0.15) is 32.1 Å². The molecule has 0 aliphatic carbocycles. The Morgan fingerprint density at radius 2 is 1.90 bits per heavy atom. The number of nitrogens with one attached hydrogen (secondary N) is 2. The van der Waals surface area contributed by atoms with E-state index in [1.807, 2.05) is 11.9 Å². The van der Waals surface area contributed by atoms with Gasteiger partial charge in [-0.05, 0) is 39.3 Å². The van der Waals surface area contributed by atoms with Crippen molar-refractivity contribution in [1.29, 1.82) is 0 Å². The molecule has 1 heterocycles. The van der Waals surface area contributed by atoms with Gasteiger partial charge < -0.3 is 20.6 Å². The van der Waals surface area contributed by atoms with Crippen molar-refractivity contribution in [1.82, 2.24) is 15.5 Å². The molecule has 6 heteroatoms. The van der Waals surface area contributed by atoms with Gasteiger partial charge in [-0.25, -0.2) is 0 Å². The average molecular weight is 285 g/mol. The third kappa shape index (κ3) is 5.88. The largest absolute Gasteiger partial charge is 0.396 e. The molecule has 2 amide bonds. The number of piperidine rings is 1. The molecule has 20 heavy (non-hydrogen) atoms. The third-order valence-corrected chi connectivity index (χ3v) is 3.67. The molecule has 0 saturated carbocycles. The number of amides is 2. The number of aliphatic hydroxyl groups excluding tert-OH is 1. The number of rotatable bonds is 8. The Kier molecular flexibility index (Phi) is 8.22. The lowest BCUT2D eigenvalue weighted by Crippen LogP contribution is -2.43. The lowest BCUT2D eigenvalue weighted by molar-refractivity contribution is -0.135. The standard InChI is InChI=1S/C14H27N3O3/c1-15-7-2-4-13(19)17-9-5-12(6-10-17)14(20)16-8-3-11-18/h12,15,18H,2-11H2,1H3,(H,16,20). The van der Waals surface area contributed by atoms with Crippen molar-refractivity contribution in [3.8, 4) is 0 Å². The molecule has 3 N–H and O–H groups in total. The van der Waals surface area contributed by atoms with Gasteiger partial charge in [-0.15, -0.1) is 0 Å². The summed E-state index contributed by atoms with van der Waals surface area (Å²) in [6, 6.07) is 0. The van der Waals surface area contributed by atoms with Gasteiger partial charge in [0.1, 0.15) is 0 Å². The molecule has 0 aromatic heterocycles. The Labute approximate surface area is 120 Å². The van der Waals surface area contributed by atoms with E-state index in [9.17, 15) is 9.59 Å². The van der Waals surface area contributed by atoms with Gasteiger partial charge in [0.05, 0.1) is 0 Å². The van der Waals surface area contributed by atoms with E-state index >= 15 is 0 Å². The summed E-state index contributed by atoms with van der Waals surface area (Å²) in [5, 5.41) is 14.5. The van der Waals surface area contributed by atoms with E-state index in [0.29, 0.717) is 32.5 Å². The van der Waals surface area contributed by atoms with Crippen LogP contribution in [0.4, 0.5) is 0 Å². The Balaban J connectivity index is 2.21. The lowest BCUT2D eigenvalue weighted by atomic mass is 9.95. The molecule has 1 aliphatic rings. The zero-order valence-electron chi connectivity index (χ0n) is 12.4. The van der Waals surface area contributed by atoms with Crippen molar-refractivity contribution < 1.29 is 14.7 Å². The molecule has 1 aliphatic heterocycles. The second kappa shape index (κ2) is 9.72. The Hall–Kier alpha value is -1.14.